The Hall–Kier alpha value is -2.07. The molecular weight excluding hydrogens is 394 g/mol. The van der Waals surface area contributed by atoms with Crippen LogP contribution in [0.15, 0.2) is 18.2 Å². The second-order valence-corrected chi connectivity index (χ2v) is 9.78. The number of hydrogen-bond donors (Lipinski definition) is 0. The van der Waals surface area contributed by atoms with Crippen molar-refractivity contribution in [1.82, 2.24) is 15.0 Å². The molecule has 0 aromatic carbocycles. The van der Waals surface area contributed by atoms with Gasteiger partial charge in [-0.25, -0.2) is 4.98 Å². The first kappa shape index (κ1) is 26.2. The number of ether oxygens (including phenoxy) is 1. The van der Waals surface area contributed by atoms with E-state index in [0.29, 0.717) is 11.8 Å². The fraction of sp³-hybridized carbons (Fsp3) is 0.607. The second kappa shape index (κ2) is 10.7. The van der Waals surface area contributed by atoms with E-state index in [1.165, 1.54) is 5.57 Å². The molecule has 1 aliphatic rings. The van der Waals surface area contributed by atoms with Gasteiger partial charge in [-0.3, -0.25) is 9.97 Å². The second-order valence-electron chi connectivity index (χ2n) is 9.78. The van der Waals surface area contributed by atoms with Gasteiger partial charge in [-0.05, 0) is 75.0 Å². The molecule has 0 amide bonds. The minimum Gasteiger partial charge on any atom is -0.384 e. The number of nitrogens with zero attached hydrogens (tertiary/aromatic N) is 3. The molecule has 2 aromatic heterocycles. The maximum atomic E-state index is 5.55. The van der Waals surface area contributed by atoms with Crippen LogP contribution in [-0.2, 0) is 11.2 Å². The van der Waals surface area contributed by atoms with Crippen molar-refractivity contribution in [3.8, 4) is 11.3 Å². The lowest BCUT2D eigenvalue weighted by Gasteiger charge is -2.38. The van der Waals surface area contributed by atoms with Crippen LogP contribution >= 0.6 is 0 Å². The van der Waals surface area contributed by atoms with Crippen LogP contribution in [0.25, 0.3) is 16.8 Å². The molecular formula is C28H43N3O. The lowest BCUT2D eigenvalue weighted by molar-refractivity contribution is 0.0623. The Morgan fingerprint density at radius 1 is 1.03 bits per heavy atom. The number of methoxy groups -OCH3 is 1. The molecule has 176 valence electrons. The van der Waals surface area contributed by atoms with Gasteiger partial charge in [0, 0.05) is 30.7 Å². The van der Waals surface area contributed by atoms with Crippen molar-refractivity contribution in [2.45, 2.75) is 87.5 Å². The first-order valence-corrected chi connectivity index (χ1v) is 11.7. The van der Waals surface area contributed by atoms with Crippen molar-refractivity contribution in [2.75, 3.05) is 13.7 Å². The van der Waals surface area contributed by atoms with E-state index in [1.54, 1.807) is 0 Å². The Morgan fingerprint density at radius 2 is 1.75 bits per heavy atom. The summed E-state index contributed by atoms with van der Waals surface area (Å²) in [7, 11) is 1.81. The van der Waals surface area contributed by atoms with Crippen LogP contribution in [-0.4, -0.2) is 28.7 Å². The molecule has 32 heavy (non-hydrogen) atoms. The average Bonchev–Trinajstić information content (AvgIpc) is 2.73. The highest BCUT2D eigenvalue weighted by molar-refractivity contribution is 5.69. The van der Waals surface area contributed by atoms with Crippen LogP contribution in [0.5, 0.6) is 0 Å². The molecule has 2 aromatic rings. The summed E-state index contributed by atoms with van der Waals surface area (Å²) in [4.78, 5) is 15.1. The third-order valence-electron chi connectivity index (χ3n) is 7.12. The third kappa shape index (κ3) is 5.28. The minimum absolute atomic E-state index is 0. The van der Waals surface area contributed by atoms with E-state index in [-0.39, 0.29) is 12.8 Å². The lowest BCUT2D eigenvalue weighted by atomic mass is 9.69. The molecule has 0 N–H and O–H groups in total. The van der Waals surface area contributed by atoms with E-state index < -0.39 is 0 Å². The first-order valence-electron chi connectivity index (χ1n) is 11.7. The van der Waals surface area contributed by atoms with Gasteiger partial charge in [0.2, 0.25) is 0 Å². The molecule has 4 nitrogen and oxygen atoms in total. The smallest absolute Gasteiger partial charge is 0.0940 e. The highest BCUT2D eigenvalue weighted by atomic mass is 16.5. The van der Waals surface area contributed by atoms with E-state index in [2.05, 4.69) is 66.7 Å². The van der Waals surface area contributed by atoms with Gasteiger partial charge < -0.3 is 4.74 Å². The Balaban J connectivity index is 0.00000363. The average molecular weight is 438 g/mol. The Bertz CT molecular complexity index is 963. The highest BCUT2D eigenvalue weighted by Gasteiger charge is 2.34. The molecule has 1 aliphatic carbocycles. The normalized spacial score (nSPS) is 21.1. The van der Waals surface area contributed by atoms with Gasteiger partial charge in [-0.1, -0.05) is 47.6 Å². The third-order valence-corrected chi connectivity index (χ3v) is 7.12. The topological polar surface area (TPSA) is 47.9 Å². The Morgan fingerprint density at radius 3 is 2.34 bits per heavy atom. The SMILES string of the molecule is C.CC[C@H](COC)[C@@]1(C)C/C=C(/C)c2nc(-c3ccc(C(C)C)nc3C)c(C)nc2CC1. The number of fused-ring (bicyclic) bond motifs is 1. The molecule has 0 aliphatic heterocycles. The van der Waals surface area contributed by atoms with Crippen LogP contribution < -0.4 is 0 Å². The molecule has 3 rings (SSSR count). The first-order chi connectivity index (χ1) is 14.7. The van der Waals surface area contributed by atoms with Crippen LogP contribution in [0.3, 0.4) is 0 Å². The van der Waals surface area contributed by atoms with E-state index in [1.807, 2.05) is 7.11 Å². The molecule has 0 bridgehead atoms. The summed E-state index contributed by atoms with van der Waals surface area (Å²) in [5.41, 5.74) is 8.79. The molecule has 0 spiro atoms. The molecule has 0 saturated heterocycles. The van der Waals surface area contributed by atoms with Crippen LogP contribution in [0.2, 0.25) is 0 Å². The standard InChI is InChI=1S/C27H39N3O.CH4/c1-9-21(16-31-8)27(7)14-12-18(4)25-24(13-15-27)29-20(6)26(30-25)22-10-11-23(17(2)3)28-19(22)5;/h10-12,17,21H,9,13-16H2,1-8H3;1H4/b18-12-;/t21-,27+;/m1./s1. The maximum absolute atomic E-state index is 5.55. The summed E-state index contributed by atoms with van der Waals surface area (Å²) in [6.45, 7) is 16.2. The molecule has 0 saturated carbocycles. The number of aromatic nitrogens is 3. The fourth-order valence-corrected chi connectivity index (χ4v) is 4.84. The van der Waals surface area contributed by atoms with Gasteiger partial charge in [0.1, 0.15) is 0 Å². The van der Waals surface area contributed by atoms with Gasteiger partial charge in [0.05, 0.1) is 22.8 Å². The van der Waals surface area contributed by atoms with Crippen LogP contribution in [0, 0.1) is 25.2 Å². The predicted molar refractivity (Wildman–Crippen MR) is 136 cm³/mol. The lowest BCUT2D eigenvalue weighted by Crippen LogP contribution is -2.31. The Kier molecular flexibility index (Phi) is 8.75. The van der Waals surface area contributed by atoms with E-state index in [0.717, 1.165) is 72.0 Å². The van der Waals surface area contributed by atoms with Gasteiger partial charge in [-0.15, -0.1) is 0 Å². The van der Waals surface area contributed by atoms with Crippen molar-refractivity contribution < 1.29 is 4.74 Å². The largest absolute Gasteiger partial charge is 0.384 e. The molecule has 0 fully saturated rings. The fourth-order valence-electron chi connectivity index (χ4n) is 4.84. The molecule has 2 heterocycles. The number of pyridine rings is 1. The number of allylic oxidation sites excluding steroid dienone is 2. The quantitative estimate of drug-likeness (QED) is 0.474. The van der Waals surface area contributed by atoms with Crippen molar-refractivity contribution in [3.63, 3.8) is 0 Å². The van der Waals surface area contributed by atoms with Crippen molar-refractivity contribution in [3.05, 3.63) is 46.7 Å². The molecule has 2 atom stereocenters. The van der Waals surface area contributed by atoms with Gasteiger partial charge >= 0.3 is 0 Å². The zero-order chi connectivity index (χ0) is 22.8. The van der Waals surface area contributed by atoms with Crippen molar-refractivity contribution in [1.29, 1.82) is 0 Å². The van der Waals surface area contributed by atoms with E-state index in [4.69, 9.17) is 19.7 Å². The van der Waals surface area contributed by atoms with Crippen LogP contribution in [0.1, 0.15) is 95.7 Å². The summed E-state index contributed by atoms with van der Waals surface area (Å²) >= 11 is 0. The summed E-state index contributed by atoms with van der Waals surface area (Å²) < 4.78 is 5.55. The summed E-state index contributed by atoms with van der Waals surface area (Å²) in [5, 5.41) is 0. The summed E-state index contributed by atoms with van der Waals surface area (Å²) in [6, 6.07) is 4.29. The zero-order valence-corrected chi connectivity index (χ0v) is 20.7. The van der Waals surface area contributed by atoms with E-state index >= 15 is 0 Å². The summed E-state index contributed by atoms with van der Waals surface area (Å²) in [5.74, 6) is 0.963. The number of hydrogen-bond acceptors (Lipinski definition) is 4. The Labute approximate surface area is 196 Å². The van der Waals surface area contributed by atoms with Crippen molar-refractivity contribution >= 4 is 5.57 Å². The summed E-state index contributed by atoms with van der Waals surface area (Å²) in [6.07, 6.45) is 6.61. The zero-order valence-electron chi connectivity index (χ0n) is 20.7. The minimum atomic E-state index is 0. The maximum Gasteiger partial charge on any atom is 0.0940 e. The number of rotatable bonds is 6. The molecule has 4 heteroatoms. The number of aryl methyl sites for hydroxylation is 3. The van der Waals surface area contributed by atoms with Gasteiger partial charge in [0.25, 0.3) is 0 Å². The highest BCUT2D eigenvalue weighted by Crippen LogP contribution is 2.42. The molecule has 0 unspecified atom stereocenters. The van der Waals surface area contributed by atoms with Crippen LogP contribution in [0.4, 0.5) is 0 Å². The monoisotopic (exact) mass is 437 g/mol. The van der Waals surface area contributed by atoms with E-state index in [9.17, 15) is 0 Å². The van der Waals surface area contributed by atoms with Crippen molar-refractivity contribution in [2.24, 2.45) is 11.3 Å². The van der Waals surface area contributed by atoms with Gasteiger partial charge in [0.15, 0.2) is 0 Å². The molecule has 0 radical (unpaired) electrons. The van der Waals surface area contributed by atoms with Gasteiger partial charge in [-0.2, -0.15) is 0 Å². The predicted octanol–water partition coefficient (Wildman–Crippen LogP) is 7.33.